The fraction of sp³-hybridized carbons (Fsp3) is 0.200. The normalized spacial score (nSPS) is 10.8. The van der Waals surface area contributed by atoms with Crippen molar-refractivity contribution >= 4 is 22.5 Å². The first-order valence-electron chi connectivity index (χ1n) is 6.75. The van der Waals surface area contributed by atoms with E-state index in [1.165, 1.54) is 0 Å². The van der Waals surface area contributed by atoms with Crippen molar-refractivity contribution < 1.29 is 9.32 Å². The van der Waals surface area contributed by atoms with Crippen molar-refractivity contribution in [3.05, 3.63) is 52.1 Å². The van der Waals surface area contributed by atoms with E-state index >= 15 is 0 Å². The van der Waals surface area contributed by atoms with Crippen molar-refractivity contribution in [3.63, 3.8) is 0 Å². The molecule has 1 N–H and O–H groups in total. The SMILES string of the molecule is Cc1nn(CC(=O)Nc2ccccc2)c(=O)c2noc(C)c12. The Kier molecular flexibility index (Phi) is 3.46. The Hall–Kier alpha value is -2.96. The molecule has 0 saturated carbocycles. The molecule has 1 amide bonds. The third kappa shape index (κ3) is 2.48. The highest BCUT2D eigenvalue weighted by Gasteiger charge is 2.16. The van der Waals surface area contributed by atoms with Crippen LogP contribution in [-0.4, -0.2) is 20.8 Å². The average molecular weight is 298 g/mol. The minimum atomic E-state index is -0.444. The van der Waals surface area contributed by atoms with E-state index in [1.54, 1.807) is 26.0 Å². The zero-order chi connectivity index (χ0) is 15.7. The van der Waals surface area contributed by atoms with E-state index in [-0.39, 0.29) is 18.0 Å². The Bertz CT molecular complexity index is 896. The Morgan fingerprint density at radius 3 is 2.73 bits per heavy atom. The van der Waals surface area contributed by atoms with Crippen LogP contribution in [0.3, 0.4) is 0 Å². The van der Waals surface area contributed by atoms with Crippen LogP contribution in [0.2, 0.25) is 0 Å². The molecule has 0 radical (unpaired) electrons. The number of benzene rings is 1. The predicted molar refractivity (Wildman–Crippen MR) is 80.6 cm³/mol. The predicted octanol–water partition coefficient (Wildman–Crippen LogP) is 1.64. The lowest BCUT2D eigenvalue weighted by Crippen LogP contribution is -2.30. The molecule has 1 aromatic carbocycles. The monoisotopic (exact) mass is 298 g/mol. The van der Waals surface area contributed by atoms with E-state index in [2.05, 4.69) is 15.6 Å². The molecule has 7 heteroatoms. The minimum absolute atomic E-state index is 0.184. The van der Waals surface area contributed by atoms with E-state index in [1.807, 2.05) is 18.2 Å². The number of hydrogen-bond donors (Lipinski definition) is 1. The molecule has 3 aromatic rings. The van der Waals surface area contributed by atoms with Crippen LogP contribution >= 0.6 is 0 Å². The van der Waals surface area contributed by atoms with Crippen LogP contribution in [0.25, 0.3) is 10.9 Å². The first kappa shape index (κ1) is 14.0. The van der Waals surface area contributed by atoms with Gasteiger partial charge in [0.2, 0.25) is 5.91 Å². The molecular formula is C15H14N4O3. The molecule has 0 aliphatic heterocycles. The topological polar surface area (TPSA) is 90.0 Å². The molecule has 7 nitrogen and oxygen atoms in total. The molecule has 0 spiro atoms. The standard InChI is InChI=1S/C15H14N4O3/c1-9-13-10(2)22-18-14(13)15(21)19(17-9)8-12(20)16-11-6-4-3-5-7-11/h3-7H,8H2,1-2H3,(H,16,20). The summed E-state index contributed by atoms with van der Waals surface area (Å²) in [5.41, 5.74) is 1.01. The third-order valence-electron chi connectivity index (χ3n) is 3.28. The van der Waals surface area contributed by atoms with Crippen LogP contribution in [0, 0.1) is 13.8 Å². The first-order valence-corrected chi connectivity index (χ1v) is 6.75. The molecule has 0 fully saturated rings. The van der Waals surface area contributed by atoms with Gasteiger partial charge in [0.25, 0.3) is 5.56 Å². The van der Waals surface area contributed by atoms with E-state index in [9.17, 15) is 9.59 Å². The maximum atomic E-state index is 12.3. The smallest absolute Gasteiger partial charge is 0.297 e. The Balaban J connectivity index is 1.89. The van der Waals surface area contributed by atoms with Gasteiger partial charge in [0.15, 0.2) is 5.52 Å². The lowest BCUT2D eigenvalue weighted by Gasteiger charge is -2.07. The van der Waals surface area contributed by atoms with Gasteiger partial charge < -0.3 is 9.84 Å². The number of nitrogens with zero attached hydrogens (tertiary/aromatic N) is 3. The Labute approximate surface area is 125 Å². The number of amides is 1. The lowest BCUT2D eigenvalue weighted by atomic mass is 10.2. The fourth-order valence-corrected chi connectivity index (χ4v) is 2.31. The summed E-state index contributed by atoms with van der Waals surface area (Å²) >= 11 is 0. The molecule has 2 heterocycles. The molecule has 3 rings (SSSR count). The molecule has 0 aliphatic rings. The zero-order valence-electron chi connectivity index (χ0n) is 12.2. The fourth-order valence-electron chi connectivity index (χ4n) is 2.31. The number of fused-ring (bicyclic) bond motifs is 1. The maximum Gasteiger partial charge on any atom is 0.297 e. The van der Waals surface area contributed by atoms with Crippen LogP contribution in [0.4, 0.5) is 5.69 Å². The summed E-state index contributed by atoms with van der Waals surface area (Å²) in [6.07, 6.45) is 0. The molecule has 0 atom stereocenters. The number of nitrogens with one attached hydrogen (secondary N) is 1. The van der Waals surface area contributed by atoms with Crippen molar-refractivity contribution in [1.29, 1.82) is 0 Å². The van der Waals surface area contributed by atoms with Gasteiger partial charge in [-0.05, 0) is 26.0 Å². The highest BCUT2D eigenvalue weighted by Crippen LogP contribution is 2.16. The molecule has 0 bridgehead atoms. The summed E-state index contributed by atoms with van der Waals surface area (Å²) in [7, 11) is 0. The number of aryl methyl sites for hydroxylation is 2. The molecule has 0 aliphatic carbocycles. The van der Waals surface area contributed by atoms with E-state index < -0.39 is 5.56 Å². The lowest BCUT2D eigenvalue weighted by molar-refractivity contribution is -0.117. The van der Waals surface area contributed by atoms with Crippen molar-refractivity contribution in [3.8, 4) is 0 Å². The number of anilines is 1. The number of carbonyl (C=O) groups is 1. The number of para-hydroxylation sites is 1. The molecule has 2 aromatic heterocycles. The molecular weight excluding hydrogens is 284 g/mol. The van der Waals surface area contributed by atoms with Gasteiger partial charge in [0.05, 0.1) is 11.1 Å². The van der Waals surface area contributed by atoms with Gasteiger partial charge in [-0.1, -0.05) is 23.4 Å². The molecule has 112 valence electrons. The summed E-state index contributed by atoms with van der Waals surface area (Å²) in [6.45, 7) is 3.28. The minimum Gasteiger partial charge on any atom is -0.360 e. The van der Waals surface area contributed by atoms with Crippen LogP contribution in [0.5, 0.6) is 0 Å². The largest absolute Gasteiger partial charge is 0.360 e. The van der Waals surface area contributed by atoms with Crippen molar-refractivity contribution in [2.75, 3.05) is 5.32 Å². The van der Waals surface area contributed by atoms with Crippen LogP contribution < -0.4 is 10.9 Å². The summed E-state index contributed by atoms with van der Waals surface area (Å²) < 4.78 is 6.12. The van der Waals surface area contributed by atoms with Crippen molar-refractivity contribution in [2.45, 2.75) is 20.4 Å². The van der Waals surface area contributed by atoms with Crippen LogP contribution in [-0.2, 0) is 11.3 Å². The molecule has 0 saturated heterocycles. The van der Waals surface area contributed by atoms with Gasteiger partial charge in [-0.15, -0.1) is 0 Å². The number of carbonyl (C=O) groups excluding carboxylic acids is 1. The second-order valence-corrected chi connectivity index (χ2v) is 4.92. The third-order valence-corrected chi connectivity index (χ3v) is 3.28. The highest BCUT2D eigenvalue weighted by molar-refractivity contribution is 5.90. The van der Waals surface area contributed by atoms with Crippen LogP contribution in [0.1, 0.15) is 11.5 Å². The quantitative estimate of drug-likeness (QED) is 0.794. The van der Waals surface area contributed by atoms with E-state index in [0.717, 1.165) is 4.68 Å². The van der Waals surface area contributed by atoms with Gasteiger partial charge in [0.1, 0.15) is 12.3 Å². The summed E-state index contributed by atoms with van der Waals surface area (Å²) in [4.78, 5) is 24.3. The van der Waals surface area contributed by atoms with Crippen LogP contribution in [0.15, 0.2) is 39.6 Å². The Morgan fingerprint density at radius 2 is 2.00 bits per heavy atom. The summed E-state index contributed by atoms with van der Waals surface area (Å²) in [6, 6.07) is 9.02. The summed E-state index contributed by atoms with van der Waals surface area (Å²) in [5.74, 6) is 0.206. The van der Waals surface area contributed by atoms with Crippen molar-refractivity contribution in [2.24, 2.45) is 0 Å². The maximum absolute atomic E-state index is 12.3. The van der Waals surface area contributed by atoms with Crippen molar-refractivity contribution in [1.82, 2.24) is 14.9 Å². The van der Waals surface area contributed by atoms with E-state index in [4.69, 9.17) is 4.52 Å². The molecule has 22 heavy (non-hydrogen) atoms. The summed E-state index contributed by atoms with van der Waals surface area (Å²) in [5, 5.41) is 11.2. The van der Waals surface area contributed by atoms with Gasteiger partial charge in [-0.25, -0.2) is 4.68 Å². The zero-order valence-corrected chi connectivity index (χ0v) is 12.2. The highest BCUT2D eigenvalue weighted by atomic mass is 16.5. The number of rotatable bonds is 3. The van der Waals surface area contributed by atoms with E-state index in [0.29, 0.717) is 22.5 Å². The van der Waals surface area contributed by atoms with Gasteiger partial charge in [0, 0.05) is 5.69 Å². The average Bonchev–Trinajstić information content (AvgIpc) is 2.88. The molecule has 0 unspecified atom stereocenters. The number of hydrogen-bond acceptors (Lipinski definition) is 5. The second-order valence-electron chi connectivity index (χ2n) is 4.92. The number of aromatic nitrogens is 3. The van der Waals surface area contributed by atoms with Gasteiger partial charge >= 0.3 is 0 Å². The van der Waals surface area contributed by atoms with Gasteiger partial charge in [-0.2, -0.15) is 5.10 Å². The Morgan fingerprint density at radius 1 is 1.27 bits per heavy atom. The first-order chi connectivity index (χ1) is 10.6. The second kappa shape index (κ2) is 5.44. The van der Waals surface area contributed by atoms with Gasteiger partial charge in [-0.3, -0.25) is 9.59 Å².